The zero-order chi connectivity index (χ0) is 18.2. The third kappa shape index (κ3) is 5.22. The van der Waals surface area contributed by atoms with Gasteiger partial charge in [0.2, 0.25) is 5.91 Å². The fraction of sp³-hybridized carbons (Fsp3) is 0.333. The Bertz CT molecular complexity index is 716. The van der Waals surface area contributed by atoms with Gasteiger partial charge >= 0.3 is 0 Å². The Morgan fingerprint density at radius 1 is 1.12 bits per heavy atom. The van der Waals surface area contributed by atoms with Crippen molar-refractivity contribution in [2.75, 3.05) is 32.1 Å². The molecular weight excluding hydrogens is 340 g/mol. The minimum atomic E-state index is -0.279. The molecule has 1 N–H and O–H groups in total. The van der Waals surface area contributed by atoms with Crippen LogP contribution in [0.4, 0.5) is 5.69 Å². The predicted octanol–water partition coefficient (Wildman–Crippen LogP) is 3.26. The van der Waals surface area contributed by atoms with Gasteiger partial charge in [-0.3, -0.25) is 9.59 Å². The van der Waals surface area contributed by atoms with E-state index in [1.807, 2.05) is 19.2 Å². The van der Waals surface area contributed by atoms with Gasteiger partial charge in [0.05, 0.1) is 24.6 Å². The minimum Gasteiger partial charge on any atom is -0.490 e. The van der Waals surface area contributed by atoms with Gasteiger partial charge in [-0.15, -0.1) is 11.3 Å². The van der Waals surface area contributed by atoms with Gasteiger partial charge in [-0.25, -0.2) is 0 Å². The van der Waals surface area contributed by atoms with Gasteiger partial charge in [0.25, 0.3) is 5.91 Å². The molecule has 0 spiro atoms. The average Bonchev–Trinajstić information content (AvgIpc) is 3.11. The maximum Gasteiger partial charge on any atom is 0.264 e. The van der Waals surface area contributed by atoms with Crippen LogP contribution in [0.3, 0.4) is 0 Å². The molecule has 2 aromatic rings. The second kappa shape index (κ2) is 9.08. The van der Waals surface area contributed by atoms with E-state index in [1.165, 1.54) is 16.2 Å². The van der Waals surface area contributed by atoms with Crippen LogP contribution in [0.15, 0.2) is 35.7 Å². The average molecular weight is 362 g/mol. The second-order valence-corrected chi connectivity index (χ2v) is 6.16. The number of benzene rings is 1. The quantitative estimate of drug-likeness (QED) is 0.783. The number of hydrogen-bond acceptors (Lipinski definition) is 5. The van der Waals surface area contributed by atoms with Crippen molar-refractivity contribution in [1.29, 1.82) is 0 Å². The molecule has 0 fully saturated rings. The van der Waals surface area contributed by atoms with Gasteiger partial charge in [0, 0.05) is 18.8 Å². The summed E-state index contributed by atoms with van der Waals surface area (Å²) >= 11 is 1.35. The maximum atomic E-state index is 12.2. The number of anilines is 1. The summed E-state index contributed by atoms with van der Waals surface area (Å²) in [4.78, 5) is 26.4. The molecule has 0 radical (unpaired) electrons. The molecule has 7 heteroatoms. The molecule has 1 aromatic heterocycles. The predicted molar refractivity (Wildman–Crippen MR) is 98.7 cm³/mol. The maximum absolute atomic E-state index is 12.2. The highest BCUT2D eigenvalue weighted by molar-refractivity contribution is 7.12. The molecule has 2 amide bonds. The number of carbonyl (C=O) groups is 2. The fourth-order valence-electron chi connectivity index (χ4n) is 2.20. The van der Waals surface area contributed by atoms with Crippen LogP contribution >= 0.6 is 11.3 Å². The molecule has 1 heterocycles. The van der Waals surface area contributed by atoms with Crippen molar-refractivity contribution in [2.45, 2.75) is 13.8 Å². The number of thiophene rings is 1. The first kappa shape index (κ1) is 18.8. The van der Waals surface area contributed by atoms with Crippen LogP contribution in [0.25, 0.3) is 0 Å². The van der Waals surface area contributed by atoms with E-state index in [9.17, 15) is 9.59 Å². The lowest BCUT2D eigenvalue weighted by molar-refractivity contribution is -0.116. The van der Waals surface area contributed by atoms with Crippen LogP contribution in [0.5, 0.6) is 11.5 Å². The van der Waals surface area contributed by atoms with Crippen molar-refractivity contribution in [3.63, 3.8) is 0 Å². The minimum absolute atomic E-state index is 0.0338. The van der Waals surface area contributed by atoms with Crippen molar-refractivity contribution >= 4 is 28.8 Å². The number of ether oxygens (including phenoxy) is 2. The van der Waals surface area contributed by atoms with Gasteiger partial charge in [0.15, 0.2) is 11.5 Å². The number of nitrogens with one attached hydrogen (secondary N) is 1. The van der Waals surface area contributed by atoms with Crippen LogP contribution in [-0.4, -0.2) is 43.5 Å². The van der Waals surface area contributed by atoms with Crippen LogP contribution in [0, 0.1) is 0 Å². The highest BCUT2D eigenvalue weighted by Crippen LogP contribution is 2.30. The summed E-state index contributed by atoms with van der Waals surface area (Å²) in [6.45, 7) is 4.77. The number of carbonyl (C=O) groups excluding carboxylic acids is 2. The number of rotatable bonds is 8. The standard InChI is InChI=1S/C18H22N2O4S/c1-4-23-14-9-8-13(11-15(14)24-5-2)19-17(21)12-20(3)18(22)16-7-6-10-25-16/h6-11H,4-5,12H2,1-3H3,(H,19,21). The number of hydrogen-bond donors (Lipinski definition) is 1. The molecule has 0 aliphatic carbocycles. The monoisotopic (exact) mass is 362 g/mol. The Morgan fingerprint density at radius 2 is 1.84 bits per heavy atom. The van der Waals surface area contributed by atoms with E-state index in [-0.39, 0.29) is 18.4 Å². The van der Waals surface area contributed by atoms with Crippen molar-refractivity contribution < 1.29 is 19.1 Å². The van der Waals surface area contributed by atoms with Crippen molar-refractivity contribution in [3.05, 3.63) is 40.6 Å². The molecule has 6 nitrogen and oxygen atoms in total. The molecule has 0 unspecified atom stereocenters. The molecule has 0 atom stereocenters. The van der Waals surface area contributed by atoms with Gasteiger partial charge in [-0.05, 0) is 37.4 Å². The first-order chi connectivity index (χ1) is 12.0. The highest BCUT2D eigenvalue weighted by atomic mass is 32.1. The van der Waals surface area contributed by atoms with Gasteiger partial charge < -0.3 is 19.7 Å². The number of likely N-dealkylation sites (N-methyl/N-ethyl adjacent to an activating group) is 1. The molecule has 1 aromatic carbocycles. The Hall–Kier alpha value is -2.54. The van der Waals surface area contributed by atoms with Gasteiger partial charge in [0.1, 0.15) is 0 Å². The lowest BCUT2D eigenvalue weighted by Crippen LogP contribution is -2.34. The SMILES string of the molecule is CCOc1ccc(NC(=O)CN(C)C(=O)c2cccs2)cc1OCC. The first-order valence-electron chi connectivity index (χ1n) is 8.03. The summed E-state index contributed by atoms with van der Waals surface area (Å²) < 4.78 is 11.0. The number of amides is 2. The molecule has 2 rings (SSSR count). The summed E-state index contributed by atoms with van der Waals surface area (Å²) in [5.74, 6) is 0.753. The molecule has 0 aliphatic heterocycles. The summed E-state index contributed by atoms with van der Waals surface area (Å²) in [5, 5.41) is 4.61. The largest absolute Gasteiger partial charge is 0.490 e. The molecule has 0 saturated heterocycles. The Labute approximate surface area is 151 Å². The van der Waals surface area contributed by atoms with Crippen LogP contribution in [-0.2, 0) is 4.79 Å². The van der Waals surface area contributed by atoms with E-state index in [4.69, 9.17) is 9.47 Å². The van der Waals surface area contributed by atoms with E-state index in [0.29, 0.717) is 35.3 Å². The second-order valence-electron chi connectivity index (χ2n) is 5.21. The normalized spacial score (nSPS) is 10.2. The lowest BCUT2D eigenvalue weighted by Gasteiger charge is -2.17. The zero-order valence-electron chi connectivity index (χ0n) is 14.6. The molecular formula is C18H22N2O4S. The summed E-state index contributed by atoms with van der Waals surface area (Å²) in [5.41, 5.74) is 0.592. The van der Waals surface area contributed by atoms with Crippen LogP contribution in [0.2, 0.25) is 0 Å². The highest BCUT2D eigenvalue weighted by Gasteiger charge is 2.16. The summed E-state index contributed by atoms with van der Waals surface area (Å²) in [6.07, 6.45) is 0. The zero-order valence-corrected chi connectivity index (χ0v) is 15.4. The van der Waals surface area contributed by atoms with Crippen molar-refractivity contribution in [1.82, 2.24) is 4.90 Å². The van der Waals surface area contributed by atoms with Crippen molar-refractivity contribution in [2.24, 2.45) is 0 Å². The molecule has 0 saturated carbocycles. The van der Waals surface area contributed by atoms with E-state index >= 15 is 0 Å². The Morgan fingerprint density at radius 3 is 2.48 bits per heavy atom. The van der Waals surface area contributed by atoms with Crippen LogP contribution < -0.4 is 14.8 Å². The van der Waals surface area contributed by atoms with E-state index in [0.717, 1.165) is 0 Å². The molecule has 134 valence electrons. The van der Waals surface area contributed by atoms with E-state index in [2.05, 4.69) is 5.32 Å². The van der Waals surface area contributed by atoms with E-state index < -0.39 is 0 Å². The Balaban J connectivity index is 1.99. The summed E-state index contributed by atoms with van der Waals surface area (Å²) in [6, 6.07) is 8.76. The molecule has 0 bridgehead atoms. The smallest absolute Gasteiger partial charge is 0.264 e. The summed E-state index contributed by atoms with van der Waals surface area (Å²) in [7, 11) is 1.60. The van der Waals surface area contributed by atoms with E-state index in [1.54, 1.807) is 37.4 Å². The van der Waals surface area contributed by atoms with Gasteiger partial charge in [-0.1, -0.05) is 6.07 Å². The topological polar surface area (TPSA) is 67.9 Å². The third-order valence-corrected chi connectivity index (χ3v) is 4.14. The van der Waals surface area contributed by atoms with Crippen LogP contribution in [0.1, 0.15) is 23.5 Å². The Kier molecular flexibility index (Phi) is 6.82. The number of nitrogens with zero attached hydrogens (tertiary/aromatic N) is 1. The van der Waals surface area contributed by atoms with Crippen molar-refractivity contribution in [3.8, 4) is 11.5 Å². The molecule has 25 heavy (non-hydrogen) atoms. The third-order valence-electron chi connectivity index (χ3n) is 3.29. The fourth-order valence-corrected chi connectivity index (χ4v) is 2.92. The first-order valence-corrected chi connectivity index (χ1v) is 8.91. The molecule has 0 aliphatic rings. The van der Waals surface area contributed by atoms with Gasteiger partial charge in [-0.2, -0.15) is 0 Å². The lowest BCUT2D eigenvalue weighted by atomic mass is 10.2.